The van der Waals surface area contributed by atoms with E-state index in [1.165, 1.54) is 31.6 Å². The summed E-state index contributed by atoms with van der Waals surface area (Å²) in [6.45, 7) is 12.4. The van der Waals surface area contributed by atoms with Gasteiger partial charge >= 0.3 is 11.9 Å². The van der Waals surface area contributed by atoms with Crippen LogP contribution in [-0.4, -0.2) is 73.5 Å². The first-order valence-corrected chi connectivity index (χ1v) is 29.1. The summed E-state index contributed by atoms with van der Waals surface area (Å²) in [4.78, 5) is 38.2. The molecule has 11 aliphatic carbocycles. The number of rotatable bonds is 11. The highest BCUT2D eigenvalue weighted by molar-refractivity contribution is 6.24. The molecular formula is C60H92Cl3N3O6. The second-order valence-corrected chi connectivity index (χ2v) is 25.2. The fourth-order valence-electron chi connectivity index (χ4n) is 16.1. The van der Waals surface area contributed by atoms with E-state index >= 15 is 0 Å². The highest BCUT2D eigenvalue weighted by atomic mass is 35.5. The number of esters is 2. The molecule has 0 saturated heterocycles. The molecule has 11 saturated carbocycles. The van der Waals surface area contributed by atoms with Crippen molar-refractivity contribution in [1.29, 1.82) is 0 Å². The number of benzene rings is 2. The van der Waals surface area contributed by atoms with Gasteiger partial charge in [0.2, 0.25) is 5.91 Å². The first-order chi connectivity index (χ1) is 34.5. The van der Waals surface area contributed by atoms with Crippen molar-refractivity contribution in [3.05, 3.63) is 71.8 Å². The average molecular weight is 1060 g/mol. The van der Waals surface area contributed by atoms with E-state index in [4.69, 9.17) is 29.3 Å². The maximum atomic E-state index is 13.0. The van der Waals surface area contributed by atoms with E-state index in [1.807, 2.05) is 24.3 Å². The molecule has 0 spiro atoms. The van der Waals surface area contributed by atoms with Crippen LogP contribution >= 0.6 is 23.2 Å². The number of carbonyl (C=O) groups is 3. The average Bonchev–Trinajstić information content (AvgIpc) is 4.18. The van der Waals surface area contributed by atoms with Gasteiger partial charge in [-0.15, -0.1) is 23.2 Å². The minimum absolute atomic E-state index is 0. The van der Waals surface area contributed by atoms with Gasteiger partial charge in [0.05, 0.1) is 29.1 Å². The van der Waals surface area contributed by atoms with Crippen molar-refractivity contribution < 1.29 is 48.8 Å². The number of amides is 1. The van der Waals surface area contributed by atoms with Crippen LogP contribution in [0.25, 0.3) is 0 Å². The van der Waals surface area contributed by atoms with Crippen LogP contribution in [0.15, 0.2) is 60.7 Å². The molecule has 11 fully saturated rings. The van der Waals surface area contributed by atoms with E-state index in [2.05, 4.69) is 73.1 Å². The molecule has 2 aromatic rings. The molecule has 2 aromatic carbocycles. The third-order valence-corrected chi connectivity index (χ3v) is 19.6. The summed E-state index contributed by atoms with van der Waals surface area (Å²) in [6.07, 6.45) is 22.1. The van der Waals surface area contributed by atoms with E-state index in [1.54, 1.807) is 6.92 Å². The predicted molar refractivity (Wildman–Crippen MR) is 285 cm³/mol. The lowest BCUT2D eigenvalue weighted by atomic mass is 9.47. The van der Waals surface area contributed by atoms with Crippen LogP contribution in [0, 0.1) is 53.3 Å². The van der Waals surface area contributed by atoms with E-state index in [0.717, 1.165) is 134 Å². The van der Waals surface area contributed by atoms with Crippen molar-refractivity contribution in [1.82, 2.24) is 10.2 Å². The number of hydrogen-bond acceptors (Lipinski definition) is 7. The van der Waals surface area contributed by atoms with Gasteiger partial charge in [-0.1, -0.05) is 134 Å². The summed E-state index contributed by atoms with van der Waals surface area (Å²) in [6, 6.07) is 20.8. The van der Waals surface area contributed by atoms with Gasteiger partial charge in [-0.2, -0.15) is 0 Å². The largest absolute Gasteiger partial charge is 1.00 e. The van der Waals surface area contributed by atoms with E-state index in [9.17, 15) is 24.6 Å². The second kappa shape index (κ2) is 26.2. The van der Waals surface area contributed by atoms with Gasteiger partial charge in [0.15, 0.2) is 0 Å². The van der Waals surface area contributed by atoms with Crippen molar-refractivity contribution in [2.75, 3.05) is 19.6 Å². The van der Waals surface area contributed by atoms with Gasteiger partial charge in [-0.05, 0) is 152 Å². The number of carbonyl (C=O) groups excluding carboxylic acids is 3. The normalized spacial score (nSPS) is 34.9. The number of aliphatic hydroxyl groups is 2. The summed E-state index contributed by atoms with van der Waals surface area (Å²) >= 11 is 13.7. The van der Waals surface area contributed by atoms with Gasteiger partial charge in [-0.25, -0.2) is 0 Å². The zero-order valence-electron chi connectivity index (χ0n) is 45.3. The quantitative estimate of drug-likeness (QED) is 0.100. The highest BCUT2D eigenvalue weighted by Crippen LogP contribution is 2.66. The fourth-order valence-corrected chi connectivity index (χ4v) is 17.4. The highest BCUT2D eigenvalue weighted by Gasteiger charge is 2.65. The Morgan fingerprint density at radius 3 is 1.43 bits per heavy atom. The molecule has 0 radical (unpaired) electrons. The standard InChI is InChI=1S/C23H30ClNO2.C17H22ClNO.C12H18O3.C6H15N.C2H6.ClH/c24-22-11-15-10-18(13-22)19(23(27,12-15)14-22)20(16-6-2-1-3-7-16)25-21(26)17-8-4-5-9-17;18-16-7-11-6-13(9-16)14(17(20,8-11)10-16)15(19)12-4-2-1-3-5-12;13-11(9-5-1-2-6-9)15-12(14)10-7-3-4-8-10;1-4-7(5-2)6-3;1-2;/h1-3,6-7,15,17-20,27H,4-5,8-14H2,(H,25,26);1-5,11,13-15,20H,6-10,19H2;9-10H,1-8H2;4-6H2,1-3H3;1-2H3;1H/t15-,18?,19+,20-,22-,23-;11-,13?,14+,15-,16-,17-;;;;/m00..../s1/i;;;;1D;. The third-order valence-electron chi connectivity index (χ3n) is 18.7. The van der Waals surface area contributed by atoms with Gasteiger partial charge in [0.1, 0.15) is 6.04 Å². The predicted octanol–water partition coefficient (Wildman–Crippen LogP) is 8.92. The molecule has 72 heavy (non-hydrogen) atoms. The molecule has 9 nitrogen and oxygen atoms in total. The van der Waals surface area contributed by atoms with Crippen LogP contribution in [-0.2, 0) is 19.1 Å². The lowest BCUT2D eigenvalue weighted by molar-refractivity contribution is -0.459. The Labute approximate surface area is 451 Å². The summed E-state index contributed by atoms with van der Waals surface area (Å²) in [5, 5.41) is 26.3. The zero-order chi connectivity index (χ0) is 51.7. The molecule has 0 aromatic heterocycles. The van der Waals surface area contributed by atoms with Crippen molar-refractivity contribution in [3.63, 3.8) is 0 Å². The van der Waals surface area contributed by atoms with Crippen LogP contribution < -0.4 is 23.5 Å². The first-order valence-electron chi connectivity index (χ1n) is 29.0. The van der Waals surface area contributed by atoms with Crippen molar-refractivity contribution in [2.45, 2.75) is 209 Å². The third kappa shape index (κ3) is 14.0. The lowest BCUT2D eigenvalue weighted by Crippen LogP contribution is -3.00. The molecule has 12 atom stereocenters. The van der Waals surface area contributed by atoms with Crippen LogP contribution in [0.4, 0.5) is 0 Å². The summed E-state index contributed by atoms with van der Waals surface area (Å²) in [5.41, 5.74) is 5.45. The molecule has 0 aliphatic heterocycles. The zero-order valence-corrected chi connectivity index (χ0v) is 46.6. The number of hydrogen-bond donors (Lipinski definition) is 4. The summed E-state index contributed by atoms with van der Waals surface area (Å²) < 4.78 is 11.1. The van der Waals surface area contributed by atoms with Crippen LogP contribution in [0.2, 0.25) is 0 Å². The van der Waals surface area contributed by atoms with Crippen molar-refractivity contribution in [2.24, 2.45) is 53.3 Å². The smallest absolute Gasteiger partial charge is 0.316 e. The Morgan fingerprint density at radius 2 is 1.06 bits per heavy atom. The number of alkyl halides is 2. The molecule has 8 bridgehead atoms. The minimum Gasteiger partial charge on any atom is -1.00 e. The van der Waals surface area contributed by atoms with Gasteiger partial charge < -0.3 is 43.3 Å². The molecular weight excluding hydrogens is 965 g/mol. The molecule has 2 unspecified atom stereocenters. The molecule has 12 heteroatoms. The maximum Gasteiger partial charge on any atom is 0.316 e. The minimum atomic E-state index is -0.755. The molecule has 13 rings (SSSR count). The van der Waals surface area contributed by atoms with Crippen molar-refractivity contribution in [3.8, 4) is 0 Å². The van der Waals surface area contributed by atoms with Crippen LogP contribution in [0.1, 0.15) is 200 Å². The Bertz CT molecular complexity index is 2010. The van der Waals surface area contributed by atoms with Gasteiger partial charge in [0.25, 0.3) is 0 Å². The van der Waals surface area contributed by atoms with Gasteiger partial charge in [0, 0.05) is 34.4 Å². The molecule has 6 N–H and O–H groups in total. The van der Waals surface area contributed by atoms with Gasteiger partial charge in [-0.3, -0.25) is 14.4 Å². The Morgan fingerprint density at radius 1 is 0.667 bits per heavy atom. The Kier molecular flexibility index (Phi) is 20.9. The van der Waals surface area contributed by atoms with E-state index < -0.39 is 11.2 Å². The molecule has 404 valence electrons. The topological polar surface area (TPSA) is 144 Å². The number of nitrogens with one attached hydrogen (secondary N) is 1. The number of ether oxygens (including phenoxy) is 1. The maximum absolute atomic E-state index is 13.0. The number of halogens is 3. The van der Waals surface area contributed by atoms with E-state index in [-0.39, 0.29) is 81.7 Å². The number of nitrogens with zero attached hydrogens (tertiary/aromatic N) is 1. The SMILES string of the molecule is CCN(CC)CC.O=C(N[C@@H](c1ccccc1)[C@H]1C2C[C@H]3C[C@](Cl)(C2)C[C@@]1(O)C3)C1CCCC1.O=C(OC(=O)C1CCCC1)C1CCCC1.[2H]CC.[Cl-].[NH3+][C@@H](c1ccccc1)[C@H]1C2C[C@H]3C[C@](Cl)(C2)C[C@@]1(O)C3. The number of quaternary nitrogens is 1. The summed E-state index contributed by atoms with van der Waals surface area (Å²) in [5.74, 6) is 2.20. The Balaban J connectivity index is 0.000000168. The lowest BCUT2D eigenvalue weighted by Gasteiger charge is -2.63. The molecule has 1 amide bonds. The van der Waals surface area contributed by atoms with Crippen molar-refractivity contribution >= 4 is 41.0 Å². The monoisotopic (exact) mass is 1060 g/mol. The second-order valence-electron chi connectivity index (χ2n) is 23.6. The van der Waals surface area contributed by atoms with E-state index in [0.29, 0.717) is 37.0 Å². The molecule has 0 heterocycles. The fraction of sp³-hybridized carbons (Fsp3) is 0.750. The van der Waals surface area contributed by atoms with Crippen LogP contribution in [0.3, 0.4) is 0 Å². The summed E-state index contributed by atoms with van der Waals surface area (Å²) in [7, 11) is 0. The molecule has 11 aliphatic rings. The first kappa shape index (κ1) is 57.5. The van der Waals surface area contributed by atoms with Crippen LogP contribution in [0.5, 0.6) is 0 Å². The Hall–Kier alpha value is -2.24.